The summed E-state index contributed by atoms with van der Waals surface area (Å²) in [6, 6.07) is 87.0. The van der Waals surface area contributed by atoms with Crippen LogP contribution in [-0.4, -0.2) is 125 Å². The summed E-state index contributed by atoms with van der Waals surface area (Å²) < 4.78 is 159. The number of carboxylic acid groups (broad SMARTS) is 1. The van der Waals surface area contributed by atoms with Gasteiger partial charge >= 0.3 is 17.9 Å². The second-order valence-electron chi connectivity index (χ2n) is 26.6. The molecule has 0 radical (unpaired) electrons. The maximum absolute atomic E-state index is 13.6. The minimum Gasteiger partial charge on any atom is -0.481 e. The monoisotopic (exact) mass is 1810 g/mol. The lowest BCUT2D eigenvalue weighted by Crippen LogP contribution is -2.47. The van der Waals surface area contributed by atoms with Gasteiger partial charge in [-0.1, -0.05) is 146 Å². The molecule has 0 aromatic heterocycles. The van der Waals surface area contributed by atoms with E-state index in [1.807, 2.05) is 97.1 Å². The van der Waals surface area contributed by atoms with Crippen molar-refractivity contribution in [3.63, 3.8) is 0 Å². The highest BCUT2D eigenvalue weighted by Crippen LogP contribution is 2.43. The molecule has 0 atom stereocenters. The van der Waals surface area contributed by atoms with Crippen molar-refractivity contribution in [1.29, 1.82) is 0 Å². The van der Waals surface area contributed by atoms with Crippen LogP contribution in [0.1, 0.15) is 47.9 Å². The number of aliphatic carboxylic acids is 1. The fourth-order valence-electron chi connectivity index (χ4n) is 13.1. The van der Waals surface area contributed by atoms with Crippen molar-refractivity contribution in [3.05, 3.63) is 338 Å². The Balaban J connectivity index is 0.000000183. The quantitative estimate of drug-likeness (QED) is 0.0189. The first kappa shape index (κ1) is 94.9. The number of aliphatic hydroxyl groups is 1. The molecule has 12 aromatic rings. The molecule has 32 heteroatoms. The summed E-state index contributed by atoms with van der Waals surface area (Å²) in [4.78, 5) is 48.7. The summed E-state index contributed by atoms with van der Waals surface area (Å²) in [5.74, 6) is 2.01. The minimum atomic E-state index is -3.95. The van der Waals surface area contributed by atoms with Gasteiger partial charge in [-0.05, 0) is 218 Å². The van der Waals surface area contributed by atoms with Gasteiger partial charge in [-0.2, -0.15) is 0 Å². The molecule has 0 aliphatic carbocycles. The number of para-hydroxylation sites is 4. The van der Waals surface area contributed by atoms with E-state index < -0.39 is 83.2 Å². The topological polar surface area (TPSA) is 368 Å². The molecule has 0 bridgehead atoms. The van der Waals surface area contributed by atoms with Gasteiger partial charge in [-0.15, -0.1) is 0 Å². The van der Waals surface area contributed by atoms with E-state index in [0.29, 0.717) is 88.7 Å². The maximum Gasteiger partial charge on any atom is 0.316 e. The highest BCUT2D eigenvalue weighted by atomic mass is 36.0. The normalized spacial score (nSPS) is 13.2. The Kier molecular flexibility index (Phi) is 35.0. The minimum absolute atomic E-state index is 0.000808. The Morgan fingerprint density at radius 2 is 0.602 bits per heavy atom. The Labute approximate surface area is 724 Å². The van der Waals surface area contributed by atoms with Gasteiger partial charge in [0.15, 0.2) is 0 Å². The summed E-state index contributed by atoms with van der Waals surface area (Å²) >= 11 is 0. The molecule has 25 nitrogen and oxygen atoms in total. The van der Waals surface area contributed by atoms with Gasteiger partial charge in [0.25, 0.3) is 5.91 Å². The number of methoxy groups -OCH3 is 2. The molecule has 4 N–H and O–H groups in total. The summed E-state index contributed by atoms with van der Waals surface area (Å²) in [6.45, 7) is 1.28. The van der Waals surface area contributed by atoms with Crippen LogP contribution in [0.4, 0.5) is 0 Å². The van der Waals surface area contributed by atoms with E-state index in [0.717, 1.165) is 7.11 Å². The number of esters is 2. The number of carbonyl (C=O) groups excluding carboxylic acids is 3. The number of amides is 1. The van der Waals surface area contributed by atoms with Gasteiger partial charge in [0.1, 0.15) is 46.0 Å². The van der Waals surface area contributed by atoms with Gasteiger partial charge in [-0.25, -0.2) is 43.4 Å². The first-order chi connectivity index (χ1) is 59.1. The lowest BCUT2D eigenvalue weighted by Gasteiger charge is -2.36. The van der Waals surface area contributed by atoms with Crippen LogP contribution in [0.5, 0.6) is 46.0 Å². The molecule has 642 valence electrons. The van der Waals surface area contributed by atoms with Crippen molar-refractivity contribution in [2.45, 2.75) is 88.5 Å². The SMILES string of the molecule is CO.COC(=O)C1(c2ccccc2S(=O)(=O)c2ccc(Oc3ccccc3)cc2)CCOCC1.COC(=O)Cc1ccccc1S(=O)(=O)c1ccc(Oc2ccccc2)cc1.O=C(NO)C1(c2ccccc2S(=O)(=O)c2ccc(Oc3ccccc3)cc2)CCOCC1.O=C(O)Cc1ccccc1S(=O)(=O)c1ccc(Oc2ccccc2)cc1.O=S(Cl)Cl. The van der Waals surface area contributed by atoms with E-state index in [9.17, 15) is 58.1 Å². The van der Waals surface area contributed by atoms with Gasteiger partial charge in [-0.3, -0.25) is 24.4 Å². The molecule has 2 fully saturated rings. The number of hydrogen-bond acceptors (Lipinski definition) is 23. The number of hydroxylamine groups is 1. The van der Waals surface area contributed by atoms with Crippen LogP contribution in [-0.2, 0) is 110 Å². The van der Waals surface area contributed by atoms with Crippen molar-refractivity contribution in [1.82, 2.24) is 5.48 Å². The smallest absolute Gasteiger partial charge is 0.316 e. The number of carboxylic acids is 1. The highest BCUT2D eigenvalue weighted by Gasteiger charge is 2.47. The summed E-state index contributed by atoms with van der Waals surface area (Å²) in [5.41, 5.74) is 0.896. The van der Waals surface area contributed by atoms with Crippen LogP contribution >= 0.6 is 21.4 Å². The van der Waals surface area contributed by atoms with E-state index in [1.54, 1.807) is 151 Å². The molecule has 123 heavy (non-hydrogen) atoms. The lowest BCUT2D eigenvalue weighted by molar-refractivity contribution is -0.151. The van der Waals surface area contributed by atoms with Gasteiger partial charge < -0.3 is 48.1 Å². The number of nitrogens with one attached hydrogen (secondary N) is 1. The van der Waals surface area contributed by atoms with Crippen molar-refractivity contribution >= 4 is 93.8 Å². The fourth-order valence-corrected chi connectivity index (χ4v) is 19.2. The molecule has 12 aromatic carbocycles. The van der Waals surface area contributed by atoms with Gasteiger partial charge in [0, 0.05) is 54.9 Å². The number of aliphatic hydroxyl groups excluding tert-OH is 1. The molecular weight excluding hydrogens is 1720 g/mol. The number of halogens is 2. The van der Waals surface area contributed by atoms with E-state index in [2.05, 4.69) is 26.1 Å². The van der Waals surface area contributed by atoms with Crippen LogP contribution in [0.15, 0.2) is 355 Å². The first-order valence-electron chi connectivity index (χ1n) is 37.5. The molecular formula is C91H85Cl2NO24S5. The molecule has 14 rings (SSSR count). The Bertz CT molecular complexity index is 5800. The Morgan fingerprint density at radius 3 is 0.886 bits per heavy atom. The van der Waals surface area contributed by atoms with Crippen molar-refractivity contribution < 1.29 is 110 Å². The third-order valence-corrected chi connectivity index (χ3v) is 26.5. The fraction of sp³-hybridized carbons (Fsp3) is 0.165. The predicted molar refractivity (Wildman–Crippen MR) is 460 cm³/mol. The first-order valence-corrected chi connectivity index (χ1v) is 46.2. The van der Waals surface area contributed by atoms with E-state index in [1.165, 1.54) is 87.0 Å². The largest absolute Gasteiger partial charge is 0.481 e. The predicted octanol–water partition coefficient (Wildman–Crippen LogP) is 17.0. The number of hydrogen-bond donors (Lipinski definition) is 4. The van der Waals surface area contributed by atoms with Crippen molar-refractivity contribution in [2.75, 3.05) is 47.8 Å². The van der Waals surface area contributed by atoms with E-state index in [4.69, 9.17) is 47.6 Å². The average molecular weight is 1810 g/mol. The number of carbonyl (C=O) groups is 4. The standard InChI is InChI=1S/C25H24O6S.C24H23NO6S.C21H18O5S.C20H16O5S.CH4O.Cl2OS/c1-29-24(26)25(15-17-30-18-16-25)22-9-5-6-10-23(22)32(27,28)21-13-11-20(12-14-21)31-19-7-3-2-4-8-19;26-23(25-27)24(14-16-30-17-15-24)21-8-4-5-9-22(21)32(28,29)20-12-10-19(11-13-20)31-18-6-2-1-3-7-18;1-25-21(22)15-16-7-5-6-10-20(16)27(23,24)19-13-11-18(12-14-19)26-17-8-3-2-4-9-17;21-20(22)14-15-6-4-5-9-19(15)26(23,24)18-12-10-17(11-13-18)25-16-7-2-1-3-8-16;1-2;1-4(2)3/h2-14H,15-18H2,1H3;1-13,27H,14-17H2,(H,25,26);2-14H,15H2,1H3;1-13H,14H2,(H,21,22);2H,1H3;. The number of rotatable bonds is 24. The average Bonchev–Trinajstić information content (AvgIpc) is 0.750. The van der Waals surface area contributed by atoms with Crippen LogP contribution in [0.25, 0.3) is 0 Å². The Morgan fingerprint density at radius 1 is 0.358 bits per heavy atom. The molecule has 0 spiro atoms. The van der Waals surface area contributed by atoms with E-state index in [-0.39, 0.29) is 83.6 Å². The van der Waals surface area contributed by atoms with Crippen molar-refractivity contribution in [3.8, 4) is 46.0 Å². The zero-order valence-corrected chi connectivity index (χ0v) is 71.9. The molecule has 2 heterocycles. The van der Waals surface area contributed by atoms with Gasteiger partial charge in [0.05, 0.1) is 77.1 Å². The maximum atomic E-state index is 13.6. The molecule has 0 unspecified atom stereocenters. The number of benzene rings is 12. The van der Waals surface area contributed by atoms with Crippen LogP contribution in [0, 0.1) is 0 Å². The highest BCUT2D eigenvalue weighted by molar-refractivity contribution is 8.26. The zero-order chi connectivity index (χ0) is 88.6. The summed E-state index contributed by atoms with van der Waals surface area (Å²) in [6.07, 6.45) is 0.767. The molecule has 2 aliphatic rings. The zero-order valence-electron chi connectivity index (χ0n) is 66.3. The second kappa shape index (κ2) is 45.3. The summed E-state index contributed by atoms with van der Waals surface area (Å²) in [5, 5.41) is 25.4. The molecule has 2 saturated heterocycles. The van der Waals surface area contributed by atoms with E-state index >= 15 is 0 Å². The number of sulfone groups is 4. The van der Waals surface area contributed by atoms with Gasteiger partial charge in [0.2, 0.25) is 48.6 Å². The van der Waals surface area contributed by atoms with Crippen molar-refractivity contribution in [2.24, 2.45) is 0 Å². The summed E-state index contributed by atoms with van der Waals surface area (Å²) in [7, 11) is -4.49. The van der Waals surface area contributed by atoms with Crippen LogP contribution in [0.2, 0.25) is 0 Å². The molecule has 2 aliphatic heterocycles. The Hall–Kier alpha value is -11.9. The lowest BCUT2D eigenvalue weighted by atomic mass is 9.73. The molecule has 0 saturated carbocycles. The number of ether oxygens (including phenoxy) is 8. The third kappa shape index (κ3) is 25.2. The van der Waals surface area contributed by atoms with Crippen LogP contribution in [0.3, 0.4) is 0 Å². The second-order valence-corrected chi connectivity index (χ2v) is 36.8. The molecule has 1 amide bonds. The third-order valence-electron chi connectivity index (χ3n) is 19.1. The van der Waals surface area contributed by atoms with Crippen LogP contribution < -0.4 is 24.4 Å².